The number of benzene rings is 1. The molecule has 20 heavy (non-hydrogen) atoms. The Labute approximate surface area is 120 Å². The molecule has 2 fully saturated rings. The van der Waals surface area contributed by atoms with Crippen LogP contribution in [0, 0.1) is 0 Å². The minimum Gasteiger partial charge on any atom is -0.346 e. The number of ether oxygens (including phenoxy) is 2. The smallest absolute Gasteiger partial charge is 0.181 e. The van der Waals surface area contributed by atoms with Crippen molar-refractivity contribution in [3.05, 3.63) is 35.9 Å². The summed E-state index contributed by atoms with van der Waals surface area (Å²) in [5.74, 6) is -0.361. The van der Waals surface area contributed by atoms with E-state index in [-0.39, 0.29) is 5.79 Å². The molecule has 1 aromatic carbocycles. The summed E-state index contributed by atoms with van der Waals surface area (Å²) in [7, 11) is 0. The summed E-state index contributed by atoms with van der Waals surface area (Å²) < 4.78 is 11.8. The number of nitrogens with two attached hydrogens (primary N) is 1. The summed E-state index contributed by atoms with van der Waals surface area (Å²) in [6, 6.07) is 11.0. The van der Waals surface area contributed by atoms with Crippen LogP contribution in [0.3, 0.4) is 0 Å². The van der Waals surface area contributed by atoms with Crippen molar-refractivity contribution in [3.8, 4) is 0 Å². The van der Waals surface area contributed by atoms with Crippen molar-refractivity contribution < 1.29 is 9.47 Å². The Kier molecular flexibility index (Phi) is 4.36. The van der Waals surface area contributed by atoms with Crippen LogP contribution in [0.1, 0.15) is 30.9 Å². The third-order valence-corrected chi connectivity index (χ3v) is 4.33. The lowest BCUT2D eigenvalue weighted by atomic mass is 9.96. The number of piperidine rings is 1. The van der Waals surface area contributed by atoms with Gasteiger partial charge in [-0.15, -0.1) is 0 Å². The Morgan fingerprint density at radius 1 is 1.20 bits per heavy atom. The largest absolute Gasteiger partial charge is 0.346 e. The molecule has 2 N–H and O–H groups in total. The van der Waals surface area contributed by atoms with Gasteiger partial charge in [-0.2, -0.15) is 0 Å². The van der Waals surface area contributed by atoms with E-state index in [1.165, 1.54) is 5.56 Å². The maximum Gasteiger partial charge on any atom is 0.181 e. The molecule has 0 bridgehead atoms. The lowest BCUT2D eigenvalue weighted by Crippen LogP contribution is -2.50. The molecule has 1 spiro atoms. The highest BCUT2D eigenvalue weighted by Crippen LogP contribution is 2.35. The highest BCUT2D eigenvalue weighted by molar-refractivity contribution is 5.19. The molecule has 4 heteroatoms. The number of hydrogen-bond donors (Lipinski definition) is 1. The van der Waals surface area contributed by atoms with Crippen LogP contribution in [0.2, 0.25) is 0 Å². The van der Waals surface area contributed by atoms with Crippen molar-refractivity contribution in [1.82, 2.24) is 4.90 Å². The third kappa shape index (κ3) is 2.88. The van der Waals surface area contributed by atoms with Crippen molar-refractivity contribution in [1.29, 1.82) is 0 Å². The number of hydrogen-bond acceptors (Lipinski definition) is 4. The minimum atomic E-state index is -0.361. The zero-order chi connectivity index (χ0) is 13.8. The summed E-state index contributed by atoms with van der Waals surface area (Å²) in [5, 5.41) is 0. The number of nitrogens with zero attached hydrogens (tertiary/aromatic N) is 1. The van der Waals surface area contributed by atoms with E-state index < -0.39 is 0 Å². The second kappa shape index (κ2) is 6.22. The predicted octanol–water partition coefficient (Wildman–Crippen LogP) is 1.92. The fourth-order valence-corrected chi connectivity index (χ4v) is 3.41. The molecule has 0 radical (unpaired) electrons. The Bertz CT molecular complexity index is 418. The standard InChI is InChI=1S/C16H24N2O2/c17-9-7-15(14-5-2-1-3-6-14)18-10-4-8-16(13-18)19-11-12-20-16/h1-3,5-6,15H,4,7-13,17H2. The molecule has 2 saturated heterocycles. The van der Waals surface area contributed by atoms with Crippen LogP contribution in [0.25, 0.3) is 0 Å². The fourth-order valence-electron chi connectivity index (χ4n) is 3.41. The van der Waals surface area contributed by atoms with Crippen LogP contribution < -0.4 is 5.73 Å². The van der Waals surface area contributed by atoms with E-state index in [0.717, 1.165) is 45.6 Å². The van der Waals surface area contributed by atoms with Gasteiger partial charge < -0.3 is 15.2 Å². The van der Waals surface area contributed by atoms with Gasteiger partial charge in [-0.05, 0) is 31.5 Å². The first-order valence-electron chi connectivity index (χ1n) is 7.60. The van der Waals surface area contributed by atoms with Gasteiger partial charge in [0.05, 0.1) is 19.8 Å². The first kappa shape index (κ1) is 14.0. The summed E-state index contributed by atoms with van der Waals surface area (Å²) >= 11 is 0. The molecule has 110 valence electrons. The first-order chi connectivity index (χ1) is 9.83. The molecule has 3 rings (SSSR count). The molecule has 2 aliphatic heterocycles. The van der Waals surface area contributed by atoms with Gasteiger partial charge in [-0.1, -0.05) is 30.3 Å². The normalized spacial score (nSPS) is 24.1. The molecule has 0 aliphatic carbocycles. The number of rotatable bonds is 4. The molecule has 1 unspecified atom stereocenters. The molecule has 1 atom stereocenters. The highest BCUT2D eigenvalue weighted by Gasteiger charge is 2.42. The van der Waals surface area contributed by atoms with Gasteiger partial charge in [0.2, 0.25) is 0 Å². The summed E-state index contributed by atoms with van der Waals surface area (Å²) in [4.78, 5) is 2.48. The third-order valence-electron chi connectivity index (χ3n) is 4.33. The zero-order valence-electron chi connectivity index (χ0n) is 12.0. The lowest BCUT2D eigenvalue weighted by molar-refractivity contribution is -0.194. The molecule has 0 aromatic heterocycles. The van der Waals surface area contributed by atoms with Gasteiger partial charge in [0, 0.05) is 12.5 Å². The van der Waals surface area contributed by atoms with Crippen molar-refractivity contribution in [2.45, 2.75) is 31.1 Å². The molecule has 2 heterocycles. The minimum absolute atomic E-state index is 0.361. The maximum absolute atomic E-state index is 5.88. The molecule has 4 nitrogen and oxygen atoms in total. The van der Waals surface area contributed by atoms with Gasteiger partial charge in [0.25, 0.3) is 0 Å². The Balaban J connectivity index is 1.77. The SMILES string of the molecule is NCCC(c1ccccc1)N1CCCC2(C1)OCCO2. The van der Waals surface area contributed by atoms with Crippen LogP contribution in [0.4, 0.5) is 0 Å². The van der Waals surface area contributed by atoms with Gasteiger partial charge in [-0.3, -0.25) is 4.90 Å². The molecular formula is C16H24N2O2. The van der Waals surface area contributed by atoms with Crippen molar-refractivity contribution in [2.75, 3.05) is 32.8 Å². The molecular weight excluding hydrogens is 252 g/mol. The van der Waals surface area contributed by atoms with Gasteiger partial charge in [0.15, 0.2) is 5.79 Å². The molecule has 0 amide bonds. The summed E-state index contributed by atoms with van der Waals surface area (Å²) in [6.45, 7) is 4.09. The van der Waals surface area contributed by atoms with Crippen LogP contribution >= 0.6 is 0 Å². The van der Waals surface area contributed by atoms with Gasteiger partial charge in [-0.25, -0.2) is 0 Å². The highest BCUT2D eigenvalue weighted by atomic mass is 16.7. The Morgan fingerprint density at radius 3 is 2.65 bits per heavy atom. The van der Waals surface area contributed by atoms with Crippen LogP contribution in [-0.4, -0.2) is 43.5 Å². The van der Waals surface area contributed by atoms with E-state index in [4.69, 9.17) is 15.2 Å². The van der Waals surface area contributed by atoms with E-state index in [0.29, 0.717) is 12.6 Å². The van der Waals surface area contributed by atoms with Crippen molar-refractivity contribution in [3.63, 3.8) is 0 Å². The summed E-state index contributed by atoms with van der Waals surface area (Å²) in [5.41, 5.74) is 7.17. The lowest BCUT2D eigenvalue weighted by Gasteiger charge is -2.42. The van der Waals surface area contributed by atoms with Crippen LogP contribution in [0.15, 0.2) is 30.3 Å². The Morgan fingerprint density at radius 2 is 1.95 bits per heavy atom. The van der Waals surface area contributed by atoms with Crippen LogP contribution in [0.5, 0.6) is 0 Å². The average molecular weight is 276 g/mol. The molecule has 2 aliphatic rings. The van der Waals surface area contributed by atoms with Gasteiger partial charge in [0.1, 0.15) is 0 Å². The zero-order valence-corrected chi connectivity index (χ0v) is 12.0. The van der Waals surface area contributed by atoms with Gasteiger partial charge >= 0.3 is 0 Å². The van der Waals surface area contributed by atoms with Crippen LogP contribution in [-0.2, 0) is 9.47 Å². The predicted molar refractivity (Wildman–Crippen MR) is 78.3 cm³/mol. The molecule has 0 saturated carbocycles. The van der Waals surface area contributed by atoms with E-state index in [2.05, 4.69) is 35.2 Å². The fraction of sp³-hybridized carbons (Fsp3) is 0.625. The van der Waals surface area contributed by atoms with E-state index in [9.17, 15) is 0 Å². The van der Waals surface area contributed by atoms with E-state index in [1.807, 2.05) is 0 Å². The van der Waals surface area contributed by atoms with Crippen molar-refractivity contribution in [2.24, 2.45) is 5.73 Å². The van der Waals surface area contributed by atoms with E-state index in [1.54, 1.807) is 0 Å². The van der Waals surface area contributed by atoms with E-state index >= 15 is 0 Å². The maximum atomic E-state index is 5.88. The molecule has 1 aromatic rings. The second-order valence-electron chi connectivity index (χ2n) is 5.69. The Hall–Kier alpha value is -0.940. The summed E-state index contributed by atoms with van der Waals surface area (Å²) in [6.07, 6.45) is 3.10. The van der Waals surface area contributed by atoms with Crippen molar-refractivity contribution >= 4 is 0 Å². The first-order valence-corrected chi connectivity index (χ1v) is 7.60. The quantitative estimate of drug-likeness (QED) is 0.912. The number of likely N-dealkylation sites (tertiary alicyclic amines) is 1. The average Bonchev–Trinajstić information content (AvgIpc) is 2.93. The second-order valence-corrected chi connectivity index (χ2v) is 5.69. The topological polar surface area (TPSA) is 47.7 Å². The monoisotopic (exact) mass is 276 g/mol.